The lowest BCUT2D eigenvalue weighted by Crippen LogP contribution is -2.46. The molecule has 0 amide bonds. The normalized spacial score (nSPS) is 15.5. The first kappa shape index (κ1) is 15.0. The highest BCUT2D eigenvalue weighted by Gasteiger charge is 2.26. The Labute approximate surface area is 139 Å². The number of fused-ring (bicyclic) bond motifs is 1. The van der Waals surface area contributed by atoms with Crippen LogP contribution in [0.4, 0.5) is 0 Å². The van der Waals surface area contributed by atoms with Gasteiger partial charge in [0, 0.05) is 19.6 Å². The quantitative estimate of drug-likeness (QED) is 0.784. The topological polar surface area (TPSA) is 58.5 Å². The number of benzene rings is 2. The van der Waals surface area contributed by atoms with E-state index < -0.39 is 5.76 Å². The van der Waals surface area contributed by atoms with Gasteiger partial charge in [-0.05, 0) is 47.7 Å². The Hall–Kier alpha value is -2.53. The molecule has 1 aromatic heterocycles. The highest BCUT2D eigenvalue weighted by atomic mass is 16.5. The number of oxazole rings is 1. The van der Waals surface area contributed by atoms with Gasteiger partial charge in [0.25, 0.3) is 0 Å². The molecule has 2 aromatic carbocycles. The molecule has 0 spiro atoms. The maximum Gasteiger partial charge on any atom is 0.417 e. The molecule has 5 nitrogen and oxygen atoms in total. The molecule has 0 bridgehead atoms. The summed E-state index contributed by atoms with van der Waals surface area (Å²) in [6.07, 6.45) is 1.03. The lowest BCUT2D eigenvalue weighted by atomic mass is 9.91. The van der Waals surface area contributed by atoms with Crippen LogP contribution in [-0.4, -0.2) is 30.1 Å². The maximum absolute atomic E-state index is 11.2. The lowest BCUT2D eigenvalue weighted by Gasteiger charge is -2.39. The number of aromatic amines is 1. The van der Waals surface area contributed by atoms with Gasteiger partial charge >= 0.3 is 5.76 Å². The Kier molecular flexibility index (Phi) is 3.86. The van der Waals surface area contributed by atoms with Gasteiger partial charge in [-0.1, -0.05) is 18.2 Å². The molecule has 0 atom stereocenters. The number of hydrogen-bond acceptors (Lipinski definition) is 4. The van der Waals surface area contributed by atoms with E-state index in [2.05, 4.69) is 22.0 Å². The molecule has 1 saturated heterocycles. The van der Waals surface area contributed by atoms with Gasteiger partial charge in [-0.2, -0.15) is 0 Å². The predicted molar refractivity (Wildman–Crippen MR) is 92.3 cm³/mol. The number of rotatable bonds is 5. The van der Waals surface area contributed by atoms with Crippen LogP contribution in [0, 0.1) is 5.92 Å². The van der Waals surface area contributed by atoms with Crippen LogP contribution in [-0.2, 0) is 13.0 Å². The first-order chi connectivity index (χ1) is 11.7. The van der Waals surface area contributed by atoms with E-state index in [1.165, 1.54) is 11.1 Å². The predicted octanol–water partition coefficient (Wildman–Crippen LogP) is 2.80. The molecule has 1 aliphatic heterocycles. The van der Waals surface area contributed by atoms with Crippen molar-refractivity contribution in [1.82, 2.24) is 9.88 Å². The molecule has 1 N–H and O–H groups in total. The van der Waals surface area contributed by atoms with Crippen molar-refractivity contribution in [3.8, 4) is 5.75 Å². The molecule has 0 unspecified atom stereocenters. The van der Waals surface area contributed by atoms with E-state index in [1.54, 1.807) is 7.11 Å². The Morgan fingerprint density at radius 1 is 1.17 bits per heavy atom. The molecule has 1 aliphatic rings. The summed E-state index contributed by atoms with van der Waals surface area (Å²) < 4.78 is 10.2. The van der Waals surface area contributed by atoms with Crippen molar-refractivity contribution >= 4 is 11.1 Å². The van der Waals surface area contributed by atoms with Crippen molar-refractivity contribution in [3.05, 3.63) is 64.1 Å². The van der Waals surface area contributed by atoms with E-state index in [0.717, 1.165) is 37.3 Å². The second kappa shape index (κ2) is 6.17. The summed E-state index contributed by atoms with van der Waals surface area (Å²) >= 11 is 0. The molecule has 5 heteroatoms. The van der Waals surface area contributed by atoms with Crippen LogP contribution in [0.15, 0.2) is 51.7 Å². The fourth-order valence-corrected chi connectivity index (χ4v) is 3.38. The SMILES string of the molecule is COc1ccc(CN2CC(Cc3ccc4oc(=O)[nH]c4c3)C2)cc1. The molecular weight excluding hydrogens is 304 g/mol. The molecule has 1 fully saturated rings. The van der Waals surface area contributed by atoms with E-state index >= 15 is 0 Å². The minimum Gasteiger partial charge on any atom is -0.497 e. The van der Waals surface area contributed by atoms with Crippen LogP contribution in [0.2, 0.25) is 0 Å². The van der Waals surface area contributed by atoms with Crippen LogP contribution in [0.5, 0.6) is 5.75 Å². The van der Waals surface area contributed by atoms with Crippen LogP contribution in [0.25, 0.3) is 11.1 Å². The highest BCUT2D eigenvalue weighted by Crippen LogP contribution is 2.24. The average molecular weight is 324 g/mol. The summed E-state index contributed by atoms with van der Waals surface area (Å²) in [7, 11) is 1.69. The average Bonchev–Trinajstić information content (AvgIpc) is 2.93. The number of nitrogens with one attached hydrogen (secondary N) is 1. The van der Waals surface area contributed by atoms with E-state index in [9.17, 15) is 4.79 Å². The molecule has 0 aliphatic carbocycles. The van der Waals surface area contributed by atoms with Crippen LogP contribution >= 0.6 is 0 Å². The fraction of sp³-hybridized carbons (Fsp3) is 0.316. The zero-order valence-electron chi connectivity index (χ0n) is 13.6. The van der Waals surface area contributed by atoms with E-state index in [4.69, 9.17) is 9.15 Å². The molecule has 0 radical (unpaired) electrons. The third-order valence-corrected chi connectivity index (χ3v) is 4.61. The Morgan fingerprint density at radius 2 is 1.92 bits per heavy atom. The van der Waals surface area contributed by atoms with Crippen molar-refractivity contribution in [3.63, 3.8) is 0 Å². The van der Waals surface area contributed by atoms with Gasteiger partial charge in [-0.25, -0.2) is 4.79 Å². The number of methoxy groups -OCH3 is 1. The van der Waals surface area contributed by atoms with Gasteiger partial charge in [0.1, 0.15) is 5.75 Å². The van der Waals surface area contributed by atoms with E-state index in [1.807, 2.05) is 30.3 Å². The van der Waals surface area contributed by atoms with Gasteiger partial charge in [0.2, 0.25) is 0 Å². The third kappa shape index (κ3) is 3.08. The summed E-state index contributed by atoms with van der Waals surface area (Å²) in [5.74, 6) is 1.17. The van der Waals surface area contributed by atoms with Gasteiger partial charge < -0.3 is 9.15 Å². The summed E-state index contributed by atoms with van der Waals surface area (Å²) in [6, 6.07) is 14.2. The molecule has 2 heterocycles. The number of aromatic nitrogens is 1. The largest absolute Gasteiger partial charge is 0.497 e. The number of hydrogen-bond donors (Lipinski definition) is 1. The Balaban J connectivity index is 1.32. The van der Waals surface area contributed by atoms with Crippen LogP contribution in [0.1, 0.15) is 11.1 Å². The highest BCUT2D eigenvalue weighted by molar-refractivity contribution is 5.72. The van der Waals surface area contributed by atoms with Crippen molar-refractivity contribution in [2.24, 2.45) is 5.92 Å². The summed E-state index contributed by atoms with van der Waals surface area (Å²) in [5, 5.41) is 0. The number of nitrogens with zero attached hydrogens (tertiary/aromatic N) is 1. The first-order valence-electron chi connectivity index (χ1n) is 8.16. The summed E-state index contributed by atoms with van der Waals surface area (Å²) in [5.41, 5.74) is 3.96. The maximum atomic E-state index is 11.2. The van der Waals surface area contributed by atoms with Crippen LogP contribution < -0.4 is 10.5 Å². The lowest BCUT2D eigenvalue weighted by molar-refractivity contribution is 0.0926. The Morgan fingerprint density at radius 3 is 2.67 bits per heavy atom. The zero-order valence-corrected chi connectivity index (χ0v) is 13.6. The minimum absolute atomic E-state index is 0.392. The number of H-pyrrole nitrogens is 1. The van der Waals surface area contributed by atoms with Gasteiger partial charge in [-0.15, -0.1) is 0 Å². The molecule has 24 heavy (non-hydrogen) atoms. The van der Waals surface area contributed by atoms with Crippen molar-refractivity contribution in [2.45, 2.75) is 13.0 Å². The molecule has 124 valence electrons. The standard InChI is InChI=1S/C19H20N2O3/c1-23-16-5-2-13(3-6-16)10-21-11-15(12-21)8-14-4-7-18-17(9-14)20-19(22)24-18/h2-7,9,15H,8,10-12H2,1H3,(H,20,22). The van der Waals surface area contributed by atoms with Crippen molar-refractivity contribution in [2.75, 3.05) is 20.2 Å². The zero-order chi connectivity index (χ0) is 16.5. The monoisotopic (exact) mass is 324 g/mol. The number of ether oxygens (including phenoxy) is 1. The van der Waals surface area contributed by atoms with E-state index in [0.29, 0.717) is 11.5 Å². The Bertz CT molecular complexity index is 889. The fourth-order valence-electron chi connectivity index (χ4n) is 3.38. The second-order valence-corrected chi connectivity index (χ2v) is 6.46. The minimum atomic E-state index is -0.392. The van der Waals surface area contributed by atoms with E-state index in [-0.39, 0.29) is 0 Å². The summed E-state index contributed by atoms with van der Waals surface area (Å²) in [4.78, 5) is 16.4. The van der Waals surface area contributed by atoms with Crippen molar-refractivity contribution in [1.29, 1.82) is 0 Å². The van der Waals surface area contributed by atoms with Gasteiger partial charge in [0.15, 0.2) is 5.58 Å². The van der Waals surface area contributed by atoms with Gasteiger partial charge in [-0.3, -0.25) is 9.88 Å². The molecule has 4 rings (SSSR count). The van der Waals surface area contributed by atoms with Crippen LogP contribution in [0.3, 0.4) is 0 Å². The number of likely N-dealkylation sites (tertiary alicyclic amines) is 1. The third-order valence-electron chi connectivity index (χ3n) is 4.61. The second-order valence-electron chi connectivity index (χ2n) is 6.46. The summed E-state index contributed by atoms with van der Waals surface area (Å²) in [6.45, 7) is 3.19. The van der Waals surface area contributed by atoms with Crippen molar-refractivity contribution < 1.29 is 9.15 Å². The molecular formula is C19H20N2O3. The molecule has 0 saturated carbocycles. The molecule has 3 aromatic rings. The smallest absolute Gasteiger partial charge is 0.417 e. The van der Waals surface area contributed by atoms with Gasteiger partial charge in [0.05, 0.1) is 12.6 Å². The first-order valence-corrected chi connectivity index (χ1v) is 8.16.